The van der Waals surface area contributed by atoms with Crippen molar-refractivity contribution in [2.24, 2.45) is 0 Å². The molecule has 0 radical (unpaired) electrons. The predicted octanol–water partition coefficient (Wildman–Crippen LogP) is 1.71. The second-order valence-electron chi connectivity index (χ2n) is 2.79. The fourth-order valence-electron chi connectivity index (χ4n) is 1.49. The van der Waals surface area contributed by atoms with Crippen LogP contribution in [-0.2, 0) is 4.79 Å². The van der Waals surface area contributed by atoms with Crippen molar-refractivity contribution in [3.05, 3.63) is 0 Å². The van der Waals surface area contributed by atoms with E-state index in [1.54, 1.807) is 11.8 Å². The van der Waals surface area contributed by atoms with Gasteiger partial charge in [0.2, 0.25) is 5.91 Å². The van der Waals surface area contributed by atoms with Crippen molar-refractivity contribution >= 4 is 17.7 Å². The fourth-order valence-corrected chi connectivity index (χ4v) is 2.30. The van der Waals surface area contributed by atoms with E-state index in [0.29, 0.717) is 11.3 Å². The van der Waals surface area contributed by atoms with Crippen molar-refractivity contribution in [1.29, 1.82) is 0 Å². The Morgan fingerprint density at radius 3 is 2.82 bits per heavy atom. The van der Waals surface area contributed by atoms with E-state index < -0.39 is 0 Å². The maximum atomic E-state index is 11.2. The quantitative estimate of drug-likeness (QED) is 0.647. The van der Waals surface area contributed by atoms with Gasteiger partial charge in [-0.25, -0.2) is 0 Å². The van der Waals surface area contributed by atoms with Gasteiger partial charge < -0.3 is 4.90 Å². The third kappa shape index (κ3) is 1.89. The second-order valence-corrected chi connectivity index (χ2v) is 3.80. The number of likely N-dealkylation sites (tertiary alicyclic amines) is 1. The maximum absolute atomic E-state index is 11.2. The Labute approximate surface area is 72.3 Å². The zero-order valence-corrected chi connectivity index (χ0v) is 7.99. The Bertz CT molecular complexity index is 145. The lowest BCUT2D eigenvalue weighted by Crippen LogP contribution is -2.33. The van der Waals surface area contributed by atoms with E-state index in [9.17, 15) is 4.79 Å². The second kappa shape index (κ2) is 4.00. The average molecular weight is 173 g/mol. The number of nitrogens with zero attached hydrogens (tertiary/aromatic N) is 1. The summed E-state index contributed by atoms with van der Waals surface area (Å²) in [5, 5.41) is 0.421. The summed E-state index contributed by atoms with van der Waals surface area (Å²) < 4.78 is 0. The van der Waals surface area contributed by atoms with Gasteiger partial charge in [-0.3, -0.25) is 4.79 Å². The van der Waals surface area contributed by atoms with Gasteiger partial charge in [-0.05, 0) is 19.1 Å². The van der Waals surface area contributed by atoms with E-state index in [-0.39, 0.29) is 0 Å². The summed E-state index contributed by atoms with van der Waals surface area (Å²) in [5.74, 6) is 0.339. The van der Waals surface area contributed by atoms with Crippen LogP contribution in [0.5, 0.6) is 0 Å². The molecule has 1 saturated heterocycles. The van der Waals surface area contributed by atoms with Gasteiger partial charge >= 0.3 is 0 Å². The molecule has 1 atom stereocenters. The molecule has 0 aromatic heterocycles. The summed E-state index contributed by atoms with van der Waals surface area (Å²) >= 11 is 1.78. The summed E-state index contributed by atoms with van der Waals surface area (Å²) in [6.07, 6.45) is 4.94. The molecule has 1 heterocycles. The van der Waals surface area contributed by atoms with Crippen LogP contribution in [0.15, 0.2) is 0 Å². The van der Waals surface area contributed by atoms with Crippen LogP contribution in [0.4, 0.5) is 0 Å². The van der Waals surface area contributed by atoms with Crippen molar-refractivity contribution in [3.8, 4) is 0 Å². The summed E-state index contributed by atoms with van der Waals surface area (Å²) in [5.41, 5.74) is 0. The SMILES string of the molecule is CCC(SC)N1CCCC1=O. The molecule has 1 fully saturated rings. The molecule has 1 amide bonds. The minimum absolute atomic E-state index is 0.339. The molecule has 64 valence electrons. The molecule has 11 heavy (non-hydrogen) atoms. The van der Waals surface area contributed by atoms with E-state index in [1.807, 2.05) is 4.90 Å². The first-order valence-electron chi connectivity index (χ1n) is 4.12. The highest BCUT2D eigenvalue weighted by Gasteiger charge is 2.25. The first kappa shape index (κ1) is 8.91. The Balaban J connectivity index is 2.49. The molecule has 1 unspecified atom stereocenters. The standard InChI is InChI=1S/C8H15NOS/c1-3-8(11-2)9-6-4-5-7(9)10/h8H,3-6H2,1-2H3. The smallest absolute Gasteiger partial charge is 0.223 e. The van der Waals surface area contributed by atoms with Gasteiger partial charge in [0.25, 0.3) is 0 Å². The summed E-state index contributed by atoms with van der Waals surface area (Å²) in [6, 6.07) is 0. The lowest BCUT2D eigenvalue weighted by atomic mass is 10.4. The first-order valence-corrected chi connectivity index (χ1v) is 5.40. The van der Waals surface area contributed by atoms with Crippen LogP contribution in [0.2, 0.25) is 0 Å². The van der Waals surface area contributed by atoms with Crippen LogP contribution < -0.4 is 0 Å². The van der Waals surface area contributed by atoms with Gasteiger partial charge in [0.05, 0.1) is 5.37 Å². The van der Waals surface area contributed by atoms with Gasteiger partial charge in [-0.2, -0.15) is 0 Å². The molecule has 2 nitrogen and oxygen atoms in total. The van der Waals surface area contributed by atoms with Gasteiger partial charge in [0.1, 0.15) is 0 Å². The van der Waals surface area contributed by atoms with Gasteiger partial charge in [0, 0.05) is 13.0 Å². The number of rotatable bonds is 3. The van der Waals surface area contributed by atoms with E-state index in [4.69, 9.17) is 0 Å². The third-order valence-corrected chi connectivity index (χ3v) is 3.21. The van der Waals surface area contributed by atoms with Gasteiger partial charge in [-0.15, -0.1) is 11.8 Å². The monoisotopic (exact) mass is 173 g/mol. The van der Waals surface area contributed by atoms with E-state index in [0.717, 1.165) is 25.8 Å². The molecule has 0 aromatic rings. The highest BCUT2D eigenvalue weighted by Crippen LogP contribution is 2.22. The van der Waals surface area contributed by atoms with E-state index >= 15 is 0 Å². The topological polar surface area (TPSA) is 20.3 Å². The highest BCUT2D eigenvalue weighted by molar-refractivity contribution is 7.99. The lowest BCUT2D eigenvalue weighted by Gasteiger charge is -2.24. The molecular formula is C8H15NOS. The molecule has 1 aliphatic rings. The zero-order chi connectivity index (χ0) is 8.27. The minimum atomic E-state index is 0.339. The Kier molecular flexibility index (Phi) is 3.24. The van der Waals surface area contributed by atoms with Crippen molar-refractivity contribution in [2.75, 3.05) is 12.8 Å². The Morgan fingerprint density at radius 1 is 1.73 bits per heavy atom. The minimum Gasteiger partial charge on any atom is -0.331 e. The van der Waals surface area contributed by atoms with Crippen molar-refractivity contribution in [3.63, 3.8) is 0 Å². The van der Waals surface area contributed by atoms with Gasteiger partial charge in [-0.1, -0.05) is 6.92 Å². The largest absolute Gasteiger partial charge is 0.331 e. The molecule has 0 saturated carbocycles. The molecular weight excluding hydrogens is 158 g/mol. The summed E-state index contributed by atoms with van der Waals surface area (Å²) in [6.45, 7) is 3.10. The normalized spacial score (nSPS) is 20.9. The molecule has 0 aromatic carbocycles. The molecule has 3 heteroatoms. The van der Waals surface area contributed by atoms with Crippen LogP contribution >= 0.6 is 11.8 Å². The molecule has 1 aliphatic heterocycles. The summed E-state index contributed by atoms with van der Waals surface area (Å²) in [7, 11) is 0. The third-order valence-electron chi connectivity index (χ3n) is 2.08. The van der Waals surface area contributed by atoms with Crippen LogP contribution in [0.3, 0.4) is 0 Å². The Hall–Kier alpha value is -0.180. The molecule has 0 aliphatic carbocycles. The maximum Gasteiger partial charge on any atom is 0.223 e. The van der Waals surface area contributed by atoms with Crippen LogP contribution in [-0.4, -0.2) is 29.0 Å². The number of amides is 1. The van der Waals surface area contributed by atoms with Crippen molar-refractivity contribution in [2.45, 2.75) is 31.6 Å². The number of carbonyl (C=O) groups excluding carboxylic acids is 1. The number of hydrogen-bond donors (Lipinski definition) is 0. The van der Waals surface area contributed by atoms with Gasteiger partial charge in [0.15, 0.2) is 0 Å². The van der Waals surface area contributed by atoms with E-state index in [1.165, 1.54) is 0 Å². The molecule has 1 rings (SSSR count). The van der Waals surface area contributed by atoms with Crippen LogP contribution in [0.25, 0.3) is 0 Å². The number of carbonyl (C=O) groups is 1. The first-order chi connectivity index (χ1) is 5.29. The van der Waals surface area contributed by atoms with Crippen LogP contribution in [0.1, 0.15) is 26.2 Å². The van der Waals surface area contributed by atoms with Crippen LogP contribution in [0, 0.1) is 0 Å². The fraction of sp³-hybridized carbons (Fsp3) is 0.875. The zero-order valence-electron chi connectivity index (χ0n) is 7.17. The molecule has 0 bridgehead atoms. The lowest BCUT2D eigenvalue weighted by molar-refractivity contribution is -0.128. The highest BCUT2D eigenvalue weighted by atomic mass is 32.2. The van der Waals surface area contributed by atoms with Crippen molar-refractivity contribution < 1.29 is 4.79 Å². The average Bonchev–Trinajstić information content (AvgIpc) is 2.40. The Morgan fingerprint density at radius 2 is 2.45 bits per heavy atom. The molecule has 0 spiro atoms. The number of hydrogen-bond acceptors (Lipinski definition) is 2. The summed E-state index contributed by atoms with van der Waals surface area (Å²) in [4.78, 5) is 13.3. The number of thioether (sulfide) groups is 1. The van der Waals surface area contributed by atoms with Crippen molar-refractivity contribution in [1.82, 2.24) is 4.90 Å². The predicted molar refractivity (Wildman–Crippen MR) is 48.5 cm³/mol. The van der Waals surface area contributed by atoms with E-state index in [2.05, 4.69) is 13.2 Å². The molecule has 0 N–H and O–H groups in total.